The van der Waals surface area contributed by atoms with Crippen LogP contribution in [0.1, 0.15) is 35.8 Å². The number of nitrogens with one attached hydrogen (secondary N) is 2. The molecule has 2 aromatic rings. The molecule has 132 valence electrons. The molecular formula is C17H20N4O3S. The van der Waals surface area contributed by atoms with Gasteiger partial charge in [-0.25, -0.2) is 4.79 Å². The lowest BCUT2D eigenvalue weighted by atomic mass is 10.0. The summed E-state index contributed by atoms with van der Waals surface area (Å²) in [7, 11) is 1.34. The van der Waals surface area contributed by atoms with Gasteiger partial charge in [0.1, 0.15) is 5.01 Å². The first kappa shape index (κ1) is 17.3. The van der Waals surface area contributed by atoms with E-state index >= 15 is 0 Å². The number of ether oxygens (including phenoxy) is 1. The lowest BCUT2D eigenvalue weighted by Gasteiger charge is -2.17. The summed E-state index contributed by atoms with van der Waals surface area (Å²) >= 11 is 1.40. The van der Waals surface area contributed by atoms with Gasteiger partial charge in [-0.2, -0.15) is 0 Å². The Kier molecular flexibility index (Phi) is 5.60. The third-order valence-electron chi connectivity index (χ3n) is 3.89. The van der Waals surface area contributed by atoms with Gasteiger partial charge in [0.15, 0.2) is 0 Å². The van der Waals surface area contributed by atoms with E-state index in [1.165, 1.54) is 18.4 Å². The first-order valence-corrected chi connectivity index (χ1v) is 8.97. The molecular weight excluding hydrogens is 340 g/mol. The van der Waals surface area contributed by atoms with Crippen LogP contribution < -0.4 is 10.6 Å². The van der Waals surface area contributed by atoms with Gasteiger partial charge >= 0.3 is 12.0 Å². The predicted molar refractivity (Wildman–Crippen MR) is 94.6 cm³/mol. The quantitative estimate of drug-likeness (QED) is 0.741. The lowest BCUT2D eigenvalue weighted by Crippen LogP contribution is -2.40. The van der Waals surface area contributed by atoms with Crippen LogP contribution in [-0.4, -0.2) is 35.3 Å². The fourth-order valence-corrected chi connectivity index (χ4v) is 3.36. The Balaban J connectivity index is 1.59. The van der Waals surface area contributed by atoms with Gasteiger partial charge in [0.25, 0.3) is 0 Å². The standard InChI is InChI=1S/C17H20N4O3S/c1-24-14(22)10-13(9-11-5-3-2-4-6-11)18-16(23)19-17-21-20-15(25-17)12-7-8-12/h2-6,12-13H,7-10H2,1H3,(H2,18,19,21,23)/t13-/m1/s1. The van der Waals surface area contributed by atoms with Crippen molar-refractivity contribution >= 4 is 28.5 Å². The highest BCUT2D eigenvalue weighted by Gasteiger charge is 2.28. The van der Waals surface area contributed by atoms with Gasteiger partial charge in [-0.1, -0.05) is 41.7 Å². The summed E-state index contributed by atoms with van der Waals surface area (Å²) in [4.78, 5) is 23.9. The van der Waals surface area contributed by atoms with Gasteiger partial charge in [0.2, 0.25) is 5.13 Å². The van der Waals surface area contributed by atoms with Crippen molar-refractivity contribution in [3.63, 3.8) is 0 Å². The van der Waals surface area contributed by atoms with E-state index in [1.54, 1.807) is 0 Å². The maximum Gasteiger partial charge on any atom is 0.321 e. The molecule has 1 fully saturated rings. The van der Waals surface area contributed by atoms with Crippen LogP contribution in [0.3, 0.4) is 0 Å². The molecule has 1 aromatic heterocycles. The number of rotatable bonds is 7. The molecule has 0 unspecified atom stereocenters. The first-order valence-electron chi connectivity index (χ1n) is 8.15. The number of carbonyl (C=O) groups excluding carboxylic acids is 2. The Hall–Kier alpha value is -2.48. The average Bonchev–Trinajstić information content (AvgIpc) is 3.35. The predicted octanol–water partition coefficient (Wildman–Crippen LogP) is 2.71. The van der Waals surface area contributed by atoms with Gasteiger partial charge in [-0.05, 0) is 24.8 Å². The molecule has 7 nitrogen and oxygen atoms in total. The number of aromatic nitrogens is 2. The number of nitrogens with zero attached hydrogens (tertiary/aromatic N) is 2. The molecule has 0 saturated heterocycles. The molecule has 2 amide bonds. The fraction of sp³-hybridized carbons (Fsp3) is 0.412. The summed E-state index contributed by atoms with van der Waals surface area (Å²) in [6, 6.07) is 8.91. The zero-order chi connectivity index (χ0) is 17.6. The topological polar surface area (TPSA) is 93.2 Å². The van der Waals surface area contributed by atoms with E-state index in [1.807, 2.05) is 30.3 Å². The molecule has 25 heavy (non-hydrogen) atoms. The van der Waals surface area contributed by atoms with Crippen molar-refractivity contribution in [3.8, 4) is 0 Å². The van der Waals surface area contributed by atoms with Crippen LogP contribution in [0.2, 0.25) is 0 Å². The maximum atomic E-state index is 12.2. The Labute approximate surface area is 149 Å². The normalized spacial score (nSPS) is 14.6. The third-order valence-corrected chi connectivity index (χ3v) is 4.89. The van der Waals surface area contributed by atoms with Gasteiger partial charge in [0, 0.05) is 12.0 Å². The van der Waals surface area contributed by atoms with Crippen LogP contribution in [0.15, 0.2) is 30.3 Å². The number of hydrogen-bond donors (Lipinski definition) is 2. The van der Waals surface area contributed by atoms with Gasteiger partial charge in [-0.3, -0.25) is 10.1 Å². The van der Waals surface area contributed by atoms with Crippen molar-refractivity contribution in [3.05, 3.63) is 40.9 Å². The molecule has 1 saturated carbocycles. The summed E-state index contributed by atoms with van der Waals surface area (Å²) in [5.74, 6) is 0.134. The van der Waals surface area contributed by atoms with Crippen LogP contribution in [0, 0.1) is 0 Å². The van der Waals surface area contributed by atoms with Crippen molar-refractivity contribution < 1.29 is 14.3 Å². The van der Waals surface area contributed by atoms with Crippen molar-refractivity contribution in [1.29, 1.82) is 0 Å². The molecule has 1 atom stereocenters. The van der Waals surface area contributed by atoms with Crippen molar-refractivity contribution in [2.24, 2.45) is 0 Å². The number of urea groups is 1. The van der Waals surface area contributed by atoms with Crippen molar-refractivity contribution in [2.45, 2.75) is 37.6 Å². The summed E-state index contributed by atoms with van der Waals surface area (Å²) in [6.45, 7) is 0. The Bertz CT molecular complexity index is 731. The molecule has 0 spiro atoms. The fourth-order valence-electron chi connectivity index (χ4n) is 2.46. The van der Waals surface area contributed by atoms with Crippen molar-refractivity contribution in [1.82, 2.24) is 15.5 Å². The van der Waals surface area contributed by atoms with E-state index in [0.29, 0.717) is 17.5 Å². The smallest absolute Gasteiger partial charge is 0.321 e. The van der Waals surface area contributed by atoms with Crippen LogP contribution >= 0.6 is 11.3 Å². The molecule has 0 aliphatic heterocycles. The van der Waals surface area contributed by atoms with Crippen LogP contribution in [0.5, 0.6) is 0 Å². The molecule has 8 heteroatoms. The molecule has 2 N–H and O–H groups in total. The van der Waals surface area contributed by atoms with Gasteiger partial charge in [-0.15, -0.1) is 10.2 Å². The van der Waals surface area contributed by atoms with E-state index in [4.69, 9.17) is 4.74 Å². The number of hydrogen-bond acceptors (Lipinski definition) is 6. The zero-order valence-electron chi connectivity index (χ0n) is 13.9. The number of carbonyl (C=O) groups is 2. The molecule has 0 bridgehead atoms. The maximum absolute atomic E-state index is 12.2. The zero-order valence-corrected chi connectivity index (χ0v) is 14.7. The third kappa shape index (κ3) is 5.25. The number of benzene rings is 1. The number of anilines is 1. The molecule has 1 aliphatic carbocycles. The molecule has 3 rings (SSSR count). The molecule has 1 aliphatic rings. The largest absolute Gasteiger partial charge is 0.469 e. The second-order valence-corrected chi connectivity index (χ2v) is 6.99. The number of esters is 1. The summed E-state index contributed by atoms with van der Waals surface area (Å²) in [5.41, 5.74) is 1.03. The van der Waals surface area contributed by atoms with E-state index in [2.05, 4.69) is 20.8 Å². The van der Waals surface area contributed by atoms with Gasteiger partial charge in [0.05, 0.1) is 13.5 Å². The van der Waals surface area contributed by atoms with E-state index in [-0.39, 0.29) is 18.4 Å². The highest BCUT2D eigenvalue weighted by Crippen LogP contribution is 2.41. The minimum absolute atomic E-state index is 0.0995. The Morgan fingerprint density at radius 1 is 1.28 bits per heavy atom. The Morgan fingerprint density at radius 2 is 2.04 bits per heavy atom. The van der Waals surface area contributed by atoms with Crippen LogP contribution in [0.25, 0.3) is 0 Å². The average molecular weight is 360 g/mol. The van der Waals surface area contributed by atoms with E-state index < -0.39 is 6.03 Å². The van der Waals surface area contributed by atoms with Crippen molar-refractivity contribution in [2.75, 3.05) is 12.4 Å². The minimum Gasteiger partial charge on any atom is -0.469 e. The summed E-state index contributed by atoms with van der Waals surface area (Å²) < 4.78 is 4.72. The molecule has 1 heterocycles. The van der Waals surface area contributed by atoms with E-state index in [9.17, 15) is 9.59 Å². The second kappa shape index (κ2) is 8.06. The summed E-state index contributed by atoms with van der Waals surface area (Å²) in [5, 5.41) is 15.0. The first-order chi connectivity index (χ1) is 12.1. The number of amides is 2. The second-order valence-electron chi connectivity index (χ2n) is 5.99. The van der Waals surface area contributed by atoms with Gasteiger partial charge < -0.3 is 10.1 Å². The summed E-state index contributed by atoms with van der Waals surface area (Å²) in [6.07, 6.45) is 2.91. The van der Waals surface area contributed by atoms with E-state index in [0.717, 1.165) is 23.4 Å². The number of methoxy groups -OCH3 is 1. The monoisotopic (exact) mass is 360 g/mol. The minimum atomic E-state index is -0.400. The SMILES string of the molecule is COC(=O)C[C@@H](Cc1ccccc1)NC(=O)Nc1nnc(C2CC2)s1. The molecule has 0 radical (unpaired) electrons. The van der Waals surface area contributed by atoms with Crippen LogP contribution in [0.4, 0.5) is 9.93 Å². The molecule has 1 aromatic carbocycles. The lowest BCUT2D eigenvalue weighted by molar-refractivity contribution is -0.141. The highest BCUT2D eigenvalue weighted by atomic mass is 32.1. The van der Waals surface area contributed by atoms with Crippen LogP contribution in [-0.2, 0) is 16.0 Å². The Morgan fingerprint density at radius 3 is 2.72 bits per heavy atom. The highest BCUT2D eigenvalue weighted by molar-refractivity contribution is 7.15.